The number of hydrogen-bond donors (Lipinski definition) is 0. The molecule has 0 unspecified atom stereocenters. The van der Waals surface area contributed by atoms with Crippen molar-refractivity contribution in [1.82, 2.24) is 0 Å². The van der Waals surface area contributed by atoms with Crippen molar-refractivity contribution in [3.63, 3.8) is 0 Å². The molecule has 4 heteroatoms. The number of halogens is 2. The SMILES string of the molecule is Clc1ccc(COc2ccc(Oc3ccccc3)cc2)cc1Cl. The van der Waals surface area contributed by atoms with Gasteiger partial charge in [0.1, 0.15) is 23.9 Å². The first-order valence-electron chi connectivity index (χ1n) is 7.10. The Balaban J connectivity index is 1.60. The minimum absolute atomic E-state index is 0.426. The highest BCUT2D eigenvalue weighted by atomic mass is 35.5. The van der Waals surface area contributed by atoms with E-state index in [2.05, 4.69) is 0 Å². The van der Waals surface area contributed by atoms with Crippen molar-refractivity contribution in [2.75, 3.05) is 0 Å². The van der Waals surface area contributed by atoms with E-state index in [-0.39, 0.29) is 0 Å². The lowest BCUT2D eigenvalue weighted by Gasteiger charge is -2.09. The molecule has 0 fully saturated rings. The highest BCUT2D eigenvalue weighted by molar-refractivity contribution is 6.42. The van der Waals surface area contributed by atoms with E-state index in [0.29, 0.717) is 16.7 Å². The van der Waals surface area contributed by atoms with Crippen LogP contribution < -0.4 is 9.47 Å². The Bertz CT molecular complexity index is 771. The van der Waals surface area contributed by atoms with Gasteiger partial charge in [0.25, 0.3) is 0 Å². The molecule has 0 aliphatic rings. The molecule has 0 radical (unpaired) electrons. The molecule has 0 atom stereocenters. The molecule has 0 amide bonds. The summed E-state index contributed by atoms with van der Waals surface area (Å²) in [6.45, 7) is 0.426. The first kappa shape index (κ1) is 15.7. The lowest BCUT2D eigenvalue weighted by Crippen LogP contribution is -1.95. The summed E-state index contributed by atoms with van der Waals surface area (Å²) in [6.07, 6.45) is 0. The van der Waals surface area contributed by atoms with Crippen molar-refractivity contribution >= 4 is 23.2 Å². The fraction of sp³-hybridized carbons (Fsp3) is 0.0526. The van der Waals surface area contributed by atoms with Crippen LogP contribution in [0.1, 0.15) is 5.56 Å². The summed E-state index contributed by atoms with van der Waals surface area (Å²) in [6, 6.07) is 22.6. The van der Waals surface area contributed by atoms with Gasteiger partial charge >= 0.3 is 0 Å². The molecule has 0 heterocycles. The molecular formula is C19H14Cl2O2. The fourth-order valence-electron chi connectivity index (χ4n) is 2.02. The molecule has 0 N–H and O–H groups in total. The van der Waals surface area contributed by atoms with Gasteiger partial charge in [-0.05, 0) is 54.1 Å². The smallest absolute Gasteiger partial charge is 0.127 e. The lowest BCUT2D eigenvalue weighted by molar-refractivity contribution is 0.306. The van der Waals surface area contributed by atoms with Crippen molar-refractivity contribution < 1.29 is 9.47 Å². The van der Waals surface area contributed by atoms with Crippen molar-refractivity contribution in [2.45, 2.75) is 6.61 Å². The first-order chi connectivity index (χ1) is 11.2. The Hall–Kier alpha value is -2.16. The molecule has 116 valence electrons. The summed E-state index contributed by atoms with van der Waals surface area (Å²) in [4.78, 5) is 0. The zero-order chi connectivity index (χ0) is 16.1. The predicted molar refractivity (Wildman–Crippen MR) is 93.8 cm³/mol. The fourth-order valence-corrected chi connectivity index (χ4v) is 2.35. The third-order valence-electron chi connectivity index (χ3n) is 3.19. The van der Waals surface area contributed by atoms with E-state index in [0.717, 1.165) is 22.8 Å². The van der Waals surface area contributed by atoms with Crippen molar-refractivity contribution in [3.05, 3.63) is 88.4 Å². The van der Waals surface area contributed by atoms with Gasteiger partial charge in [0.05, 0.1) is 10.0 Å². The van der Waals surface area contributed by atoms with Crippen LogP contribution in [0.3, 0.4) is 0 Å². The van der Waals surface area contributed by atoms with Crippen LogP contribution in [-0.4, -0.2) is 0 Å². The molecule has 0 saturated heterocycles. The van der Waals surface area contributed by atoms with Crippen LogP contribution in [0.15, 0.2) is 72.8 Å². The van der Waals surface area contributed by atoms with Crippen LogP contribution in [0, 0.1) is 0 Å². The quantitative estimate of drug-likeness (QED) is 0.535. The van der Waals surface area contributed by atoms with Gasteiger partial charge < -0.3 is 9.47 Å². The largest absolute Gasteiger partial charge is 0.489 e. The predicted octanol–water partition coefficient (Wildman–Crippen LogP) is 6.36. The highest BCUT2D eigenvalue weighted by Crippen LogP contribution is 2.25. The summed E-state index contributed by atoms with van der Waals surface area (Å²) < 4.78 is 11.5. The van der Waals surface area contributed by atoms with Gasteiger partial charge in [-0.15, -0.1) is 0 Å². The molecule has 3 aromatic carbocycles. The second-order valence-electron chi connectivity index (χ2n) is 4.92. The monoisotopic (exact) mass is 344 g/mol. The van der Waals surface area contributed by atoms with Crippen LogP contribution in [0.2, 0.25) is 10.0 Å². The Kier molecular flexibility index (Phi) is 5.06. The minimum atomic E-state index is 0.426. The van der Waals surface area contributed by atoms with E-state index in [1.165, 1.54) is 0 Å². The Morgan fingerprint density at radius 1 is 0.652 bits per heavy atom. The molecule has 23 heavy (non-hydrogen) atoms. The second kappa shape index (κ2) is 7.40. The van der Waals surface area contributed by atoms with Gasteiger partial charge in [0.15, 0.2) is 0 Å². The average molecular weight is 345 g/mol. The van der Waals surface area contributed by atoms with Gasteiger partial charge in [-0.25, -0.2) is 0 Å². The van der Waals surface area contributed by atoms with Crippen LogP contribution >= 0.6 is 23.2 Å². The summed E-state index contributed by atoms with van der Waals surface area (Å²) in [5, 5.41) is 1.07. The zero-order valence-corrected chi connectivity index (χ0v) is 13.7. The van der Waals surface area contributed by atoms with E-state index < -0.39 is 0 Å². The van der Waals surface area contributed by atoms with Crippen LogP contribution in [0.4, 0.5) is 0 Å². The van der Waals surface area contributed by atoms with Crippen LogP contribution in [-0.2, 0) is 6.61 Å². The number of hydrogen-bond acceptors (Lipinski definition) is 2. The van der Waals surface area contributed by atoms with E-state index in [1.807, 2.05) is 60.7 Å². The lowest BCUT2D eigenvalue weighted by atomic mass is 10.2. The van der Waals surface area contributed by atoms with E-state index >= 15 is 0 Å². The summed E-state index contributed by atoms with van der Waals surface area (Å²) in [5.74, 6) is 2.33. The number of benzene rings is 3. The third-order valence-corrected chi connectivity index (χ3v) is 3.93. The third kappa shape index (κ3) is 4.41. The van der Waals surface area contributed by atoms with Crippen molar-refractivity contribution in [2.24, 2.45) is 0 Å². The normalized spacial score (nSPS) is 10.3. The van der Waals surface area contributed by atoms with E-state index in [4.69, 9.17) is 32.7 Å². The molecule has 3 rings (SSSR count). The molecular weight excluding hydrogens is 331 g/mol. The van der Waals surface area contributed by atoms with Gasteiger partial charge in [0.2, 0.25) is 0 Å². The summed E-state index contributed by atoms with van der Waals surface area (Å²) in [5.41, 5.74) is 0.962. The van der Waals surface area contributed by atoms with E-state index in [1.54, 1.807) is 12.1 Å². The van der Waals surface area contributed by atoms with Crippen molar-refractivity contribution in [3.8, 4) is 17.2 Å². The summed E-state index contributed by atoms with van der Waals surface area (Å²) in [7, 11) is 0. The topological polar surface area (TPSA) is 18.5 Å². The first-order valence-corrected chi connectivity index (χ1v) is 7.86. The van der Waals surface area contributed by atoms with Crippen LogP contribution in [0.5, 0.6) is 17.2 Å². The Labute approximate surface area is 145 Å². The molecule has 0 aromatic heterocycles. The molecule has 0 spiro atoms. The van der Waals surface area contributed by atoms with Gasteiger partial charge in [-0.1, -0.05) is 47.5 Å². The molecule has 0 bridgehead atoms. The molecule has 0 saturated carbocycles. The number of ether oxygens (including phenoxy) is 2. The maximum Gasteiger partial charge on any atom is 0.127 e. The average Bonchev–Trinajstić information content (AvgIpc) is 2.58. The van der Waals surface area contributed by atoms with E-state index in [9.17, 15) is 0 Å². The highest BCUT2D eigenvalue weighted by Gasteiger charge is 2.02. The number of para-hydroxylation sites is 1. The maximum absolute atomic E-state index is 5.99. The summed E-state index contributed by atoms with van der Waals surface area (Å²) >= 11 is 11.9. The zero-order valence-electron chi connectivity index (χ0n) is 12.2. The van der Waals surface area contributed by atoms with Crippen molar-refractivity contribution in [1.29, 1.82) is 0 Å². The second-order valence-corrected chi connectivity index (χ2v) is 5.74. The Morgan fingerprint density at radius 3 is 2.00 bits per heavy atom. The molecule has 0 aliphatic carbocycles. The van der Waals surface area contributed by atoms with Crippen LogP contribution in [0.25, 0.3) is 0 Å². The van der Waals surface area contributed by atoms with Gasteiger partial charge in [-0.2, -0.15) is 0 Å². The van der Waals surface area contributed by atoms with Gasteiger partial charge in [-0.3, -0.25) is 0 Å². The minimum Gasteiger partial charge on any atom is -0.489 e. The maximum atomic E-state index is 5.99. The number of rotatable bonds is 5. The molecule has 3 aromatic rings. The Morgan fingerprint density at radius 2 is 1.30 bits per heavy atom. The standard InChI is InChI=1S/C19H14Cl2O2/c20-18-11-6-14(12-19(18)21)13-22-15-7-9-17(10-8-15)23-16-4-2-1-3-5-16/h1-12H,13H2. The van der Waals surface area contributed by atoms with Gasteiger partial charge in [0, 0.05) is 0 Å². The molecule has 2 nitrogen and oxygen atoms in total. The molecule has 0 aliphatic heterocycles.